The summed E-state index contributed by atoms with van der Waals surface area (Å²) in [5.41, 5.74) is -0.537. The molecule has 9 heteroatoms. The number of fused-ring (bicyclic) bond motifs is 2. The summed E-state index contributed by atoms with van der Waals surface area (Å²) in [6.07, 6.45) is -0.356. The Bertz CT molecular complexity index is 1630. The molecule has 43 heavy (non-hydrogen) atoms. The number of nitrogens with zero attached hydrogens (tertiary/aromatic N) is 1. The van der Waals surface area contributed by atoms with Crippen molar-refractivity contribution >= 4 is 18.7 Å². The van der Waals surface area contributed by atoms with Gasteiger partial charge in [0.05, 0.1) is 19.8 Å². The van der Waals surface area contributed by atoms with Gasteiger partial charge in [0.15, 0.2) is 6.23 Å². The maximum Gasteiger partial charge on any atom is 0.330 e. The van der Waals surface area contributed by atoms with Crippen molar-refractivity contribution in [3.05, 3.63) is 129 Å². The Labute approximate surface area is 252 Å². The van der Waals surface area contributed by atoms with Crippen LogP contribution >= 0.6 is 0 Å². The number of H-pyrrole nitrogens is 1. The lowest BCUT2D eigenvalue weighted by Gasteiger charge is -2.45. The fourth-order valence-corrected chi connectivity index (χ4v) is 11.1. The van der Waals surface area contributed by atoms with Crippen LogP contribution in [0.1, 0.15) is 38.1 Å². The van der Waals surface area contributed by atoms with E-state index in [-0.39, 0.29) is 18.3 Å². The average molecular weight is 599 g/mol. The highest BCUT2D eigenvalue weighted by atomic mass is 28.4. The van der Waals surface area contributed by atoms with Gasteiger partial charge >= 0.3 is 5.69 Å². The van der Waals surface area contributed by atoms with E-state index in [9.17, 15) is 9.59 Å². The molecule has 2 bridgehead atoms. The molecule has 3 heterocycles. The highest BCUT2D eigenvalue weighted by Gasteiger charge is 2.64. The highest BCUT2D eigenvalue weighted by molar-refractivity contribution is 6.99. The number of rotatable bonds is 9. The van der Waals surface area contributed by atoms with Crippen molar-refractivity contribution in [2.45, 2.75) is 63.4 Å². The van der Waals surface area contributed by atoms with Crippen LogP contribution in [0.2, 0.25) is 5.04 Å². The fourth-order valence-electron chi connectivity index (χ4n) is 6.49. The summed E-state index contributed by atoms with van der Waals surface area (Å²) >= 11 is 0. The van der Waals surface area contributed by atoms with Crippen molar-refractivity contribution in [2.75, 3.05) is 13.2 Å². The van der Waals surface area contributed by atoms with E-state index in [2.05, 4.69) is 74.3 Å². The van der Waals surface area contributed by atoms with E-state index in [0.29, 0.717) is 12.2 Å². The number of nitrogens with one attached hydrogen (secondary N) is 1. The third-order valence-electron chi connectivity index (χ3n) is 8.62. The number of aryl methyl sites for hydroxylation is 1. The van der Waals surface area contributed by atoms with Gasteiger partial charge in [0.1, 0.15) is 17.8 Å². The Hall–Kier alpha value is -3.60. The molecule has 3 aromatic carbocycles. The Morgan fingerprint density at radius 2 is 1.51 bits per heavy atom. The zero-order chi connectivity index (χ0) is 30.2. The normalized spacial score (nSPS) is 23.5. The van der Waals surface area contributed by atoms with Crippen molar-refractivity contribution in [1.29, 1.82) is 0 Å². The Morgan fingerprint density at radius 1 is 0.930 bits per heavy atom. The van der Waals surface area contributed by atoms with Gasteiger partial charge < -0.3 is 18.6 Å². The zero-order valence-electron chi connectivity index (χ0n) is 25.0. The molecule has 1 aromatic heterocycles. The van der Waals surface area contributed by atoms with Gasteiger partial charge in [-0.05, 0) is 27.9 Å². The molecule has 0 saturated carbocycles. The number of ether oxygens (including phenoxy) is 3. The molecular weight excluding hydrogens is 560 g/mol. The lowest BCUT2D eigenvalue weighted by molar-refractivity contribution is -0.187. The molecule has 4 atom stereocenters. The van der Waals surface area contributed by atoms with Crippen molar-refractivity contribution in [3.8, 4) is 0 Å². The van der Waals surface area contributed by atoms with Crippen LogP contribution in [0, 0.1) is 6.92 Å². The van der Waals surface area contributed by atoms with Crippen LogP contribution in [0.15, 0.2) is 107 Å². The monoisotopic (exact) mass is 598 g/mol. The number of aromatic amines is 1. The van der Waals surface area contributed by atoms with E-state index in [1.165, 1.54) is 10.8 Å². The second-order valence-corrected chi connectivity index (χ2v) is 16.8. The predicted molar refractivity (Wildman–Crippen MR) is 167 cm³/mol. The standard InChI is InChI=1S/C34H38N2O6Si/c1-24-20-36(32(38)35-30(24)37)31-28-29(39-21-25-14-8-5-9-15-25)34(42-31,22-40-28)23-41-43(33(2,3)4,26-16-10-6-11-17-26)27-18-12-7-13-19-27/h5-20,28-29,31H,21-23H2,1-4H3,(H,35,37,38)/t28-,29+,31-,34-/m1/s1. The molecule has 224 valence electrons. The molecule has 0 radical (unpaired) electrons. The molecule has 2 aliphatic heterocycles. The lowest BCUT2D eigenvalue weighted by Crippen LogP contribution is -2.68. The van der Waals surface area contributed by atoms with E-state index < -0.39 is 43.6 Å². The van der Waals surface area contributed by atoms with Gasteiger partial charge in [0.25, 0.3) is 13.9 Å². The smallest absolute Gasteiger partial charge is 0.330 e. The molecule has 0 amide bonds. The molecule has 4 aromatic rings. The third kappa shape index (κ3) is 5.25. The first-order valence-electron chi connectivity index (χ1n) is 14.7. The second-order valence-electron chi connectivity index (χ2n) is 12.5. The van der Waals surface area contributed by atoms with Gasteiger partial charge in [0, 0.05) is 11.8 Å². The third-order valence-corrected chi connectivity index (χ3v) is 13.6. The summed E-state index contributed by atoms with van der Waals surface area (Å²) in [7, 11) is -2.91. The summed E-state index contributed by atoms with van der Waals surface area (Å²) < 4.78 is 28.4. The molecule has 0 unspecified atom stereocenters. The van der Waals surface area contributed by atoms with Crippen molar-refractivity contribution in [3.63, 3.8) is 0 Å². The Balaban J connectivity index is 1.41. The van der Waals surface area contributed by atoms with Gasteiger partial charge in [-0.25, -0.2) is 4.79 Å². The molecule has 2 aliphatic rings. The summed E-state index contributed by atoms with van der Waals surface area (Å²) in [6, 6.07) is 30.8. The number of hydrogen-bond acceptors (Lipinski definition) is 6. The van der Waals surface area contributed by atoms with Crippen LogP contribution < -0.4 is 21.6 Å². The average Bonchev–Trinajstić information content (AvgIpc) is 3.51. The van der Waals surface area contributed by atoms with Gasteiger partial charge in [-0.15, -0.1) is 0 Å². The summed E-state index contributed by atoms with van der Waals surface area (Å²) in [4.78, 5) is 27.5. The van der Waals surface area contributed by atoms with Crippen molar-refractivity contribution in [1.82, 2.24) is 9.55 Å². The van der Waals surface area contributed by atoms with E-state index in [1.807, 2.05) is 42.5 Å². The van der Waals surface area contributed by atoms with Gasteiger partial charge in [-0.2, -0.15) is 0 Å². The first kappa shape index (κ1) is 29.5. The van der Waals surface area contributed by atoms with Crippen LogP contribution in [-0.2, 0) is 25.2 Å². The molecule has 0 spiro atoms. The Kier molecular flexibility index (Phi) is 7.87. The van der Waals surface area contributed by atoms with Crippen LogP contribution in [0.25, 0.3) is 0 Å². The minimum atomic E-state index is -2.91. The maximum absolute atomic E-state index is 13.0. The second kappa shape index (κ2) is 11.5. The van der Waals surface area contributed by atoms with Gasteiger partial charge in [-0.3, -0.25) is 14.3 Å². The van der Waals surface area contributed by atoms with Gasteiger partial charge in [-0.1, -0.05) is 112 Å². The van der Waals surface area contributed by atoms with Crippen molar-refractivity contribution < 1.29 is 18.6 Å². The van der Waals surface area contributed by atoms with Crippen LogP contribution in [-0.4, -0.2) is 48.9 Å². The lowest BCUT2D eigenvalue weighted by atomic mass is 10.00. The minimum absolute atomic E-state index is 0.198. The molecule has 8 nitrogen and oxygen atoms in total. The maximum atomic E-state index is 13.0. The first-order valence-corrected chi connectivity index (χ1v) is 16.6. The first-order chi connectivity index (χ1) is 20.6. The molecule has 0 aliphatic carbocycles. The van der Waals surface area contributed by atoms with Crippen LogP contribution in [0.4, 0.5) is 0 Å². The number of hydrogen-bond donors (Lipinski definition) is 1. The quantitative estimate of drug-likeness (QED) is 0.296. The summed E-state index contributed by atoms with van der Waals surface area (Å²) in [5.74, 6) is 0. The minimum Gasteiger partial charge on any atom is -0.404 e. The van der Waals surface area contributed by atoms with E-state index >= 15 is 0 Å². The summed E-state index contributed by atoms with van der Waals surface area (Å²) in [5, 5.41) is 2.07. The van der Waals surface area contributed by atoms with Gasteiger partial charge in [0.2, 0.25) is 0 Å². The fraction of sp³-hybridized carbons (Fsp3) is 0.353. The van der Waals surface area contributed by atoms with E-state index in [0.717, 1.165) is 15.9 Å². The molecular formula is C34H38N2O6Si. The predicted octanol–water partition coefficient (Wildman–Crippen LogP) is 3.67. The SMILES string of the molecule is Cc1cn([C@@H]2O[C@@]3(CO[Si](c4ccccc4)(c4ccccc4)C(C)(C)C)CO[C@@H]2[C@@H]3OCc2ccccc2)c(=O)[nH]c1=O. The van der Waals surface area contributed by atoms with Crippen LogP contribution in [0.5, 0.6) is 0 Å². The number of benzene rings is 3. The van der Waals surface area contributed by atoms with E-state index in [1.54, 1.807) is 6.92 Å². The topological polar surface area (TPSA) is 91.8 Å². The Morgan fingerprint density at radius 3 is 2.09 bits per heavy atom. The highest BCUT2D eigenvalue weighted by Crippen LogP contribution is 2.48. The molecule has 1 N–H and O–H groups in total. The summed E-state index contributed by atoms with van der Waals surface area (Å²) in [6.45, 7) is 9.16. The molecule has 6 rings (SSSR count). The molecule has 2 saturated heterocycles. The largest absolute Gasteiger partial charge is 0.404 e. The van der Waals surface area contributed by atoms with Crippen molar-refractivity contribution in [2.24, 2.45) is 0 Å². The van der Waals surface area contributed by atoms with E-state index in [4.69, 9.17) is 18.6 Å². The molecule has 2 fully saturated rings. The zero-order valence-corrected chi connectivity index (χ0v) is 26.0. The number of aromatic nitrogens is 2. The van der Waals surface area contributed by atoms with Crippen LogP contribution in [0.3, 0.4) is 0 Å².